The van der Waals surface area contributed by atoms with E-state index in [0.717, 1.165) is 68.2 Å². The summed E-state index contributed by atoms with van der Waals surface area (Å²) < 4.78 is 5.63. The maximum absolute atomic E-state index is 13.3. The third-order valence-corrected chi connectivity index (χ3v) is 7.37. The SMILES string of the molecule is Cc1ccc(C(=O)N2C3CCC2COC3)cc1CCN(C=O)CCCCc1ccccc1CN. The van der Waals surface area contributed by atoms with Crippen LogP contribution < -0.4 is 5.73 Å². The lowest BCUT2D eigenvalue weighted by Gasteiger charge is -2.34. The number of nitrogens with two attached hydrogens (primary N) is 1. The third-order valence-electron chi connectivity index (χ3n) is 7.37. The Bertz CT molecular complexity index is 977. The van der Waals surface area contributed by atoms with Crippen LogP contribution in [0, 0.1) is 6.92 Å². The molecule has 0 aromatic heterocycles. The quantitative estimate of drug-likeness (QED) is 0.409. The van der Waals surface area contributed by atoms with Crippen LogP contribution in [0.15, 0.2) is 42.5 Å². The molecule has 2 bridgehead atoms. The molecule has 2 aliphatic heterocycles. The Kier molecular flexibility index (Phi) is 8.35. The van der Waals surface area contributed by atoms with Crippen LogP contribution >= 0.6 is 0 Å². The number of benzene rings is 2. The summed E-state index contributed by atoms with van der Waals surface area (Å²) in [5.41, 5.74) is 11.4. The highest BCUT2D eigenvalue weighted by Gasteiger charge is 2.40. The minimum atomic E-state index is 0.113. The highest BCUT2D eigenvalue weighted by atomic mass is 16.5. The van der Waals surface area contributed by atoms with Gasteiger partial charge in [0.1, 0.15) is 0 Å². The van der Waals surface area contributed by atoms with Gasteiger partial charge in [0, 0.05) is 25.2 Å². The Hall–Kier alpha value is -2.70. The molecule has 2 fully saturated rings. The van der Waals surface area contributed by atoms with Crippen LogP contribution in [-0.2, 0) is 28.9 Å². The largest absolute Gasteiger partial charge is 0.377 e. The lowest BCUT2D eigenvalue weighted by molar-refractivity contribution is -0.118. The minimum Gasteiger partial charge on any atom is -0.377 e. The van der Waals surface area contributed by atoms with Crippen molar-refractivity contribution in [3.8, 4) is 0 Å². The second-order valence-corrected chi connectivity index (χ2v) is 9.60. The molecule has 0 radical (unpaired) electrons. The molecule has 0 saturated carbocycles. The van der Waals surface area contributed by atoms with Gasteiger partial charge in [-0.2, -0.15) is 0 Å². The lowest BCUT2D eigenvalue weighted by Crippen LogP contribution is -2.49. The van der Waals surface area contributed by atoms with Gasteiger partial charge in [-0.05, 0) is 79.8 Å². The first-order valence-corrected chi connectivity index (χ1v) is 12.6. The maximum atomic E-state index is 13.3. The lowest BCUT2D eigenvalue weighted by atomic mass is 10.0. The van der Waals surface area contributed by atoms with E-state index < -0.39 is 0 Å². The number of carbonyl (C=O) groups excluding carboxylic acids is 2. The minimum absolute atomic E-state index is 0.113. The number of aryl methyl sites for hydroxylation is 2. The molecule has 0 aliphatic carbocycles. The predicted molar refractivity (Wildman–Crippen MR) is 134 cm³/mol. The molecule has 4 rings (SSSR count). The van der Waals surface area contributed by atoms with Crippen molar-refractivity contribution in [2.24, 2.45) is 5.73 Å². The van der Waals surface area contributed by atoms with Gasteiger partial charge >= 0.3 is 0 Å². The standard InChI is InChI=1S/C28H37N3O3/c1-21-9-10-24(28(33)31-26-11-12-27(31)19-34-18-26)16-23(21)13-15-30(20-32)14-5-4-7-22-6-2-3-8-25(22)17-29/h2-3,6,8-10,16,20,26-27H,4-5,7,11-15,17-19,29H2,1H3. The molecule has 182 valence electrons. The second-order valence-electron chi connectivity index (χ2n) is 9.60. The monoisotopic (exact) mass is 463 g/mol. The van der Waals surface area contributed by atoms with E-state index in [1.807, 2.05) is 34.1 Å². The number of unbranched alkanes of at least 4 members (excludes halogenated alkanes) is 1. The highest BCUT2D eigenvalue weighted by molar-refractivity contribution is 5.95. The normalized spacial score (nSPS) is 19.3. The number of ether oxygens (including phenoxy) is 1. The number of rotatable bonds is 11. The van der Waals surface area contributed by atoms with Gasteiger partial charge in [-0.15, -0.1) is 0 Å². The van der Waals surface area contributed by atoms with Crippen LogP contribution in [-0.4, -0.2) is 60.5 Å². The first kappa shape index (κ1) is 24.4. The number of carbonyl (C=O) groups is 2. The van der Waals surface area contributed by atoms with Crippen LogP contribution in [0.3, 0.4) is 0 Å². The number of morpholine rings is 1. The van der Waals surface area contributed by atoms with E-state index in [0.29, 0.717) is 26.3 Å². The molecule has 2 unspecified atom stereocenters. The summed E-state index contributed by atoms with van der Waals surface area (Å²) >= 11 is 0. The molecule has 2 amide bonds. The highest BCUT2D eigenvalue weighted by Crippen LogP contribution is 2.30. The molecule has 2 N–H and O–H groups in total. The maximum Gasteiger partial charge on any atom is 0.254 e. The van der Waals surface area contributed by atoms with Crippen LogP contribution in [0.25, 0.3) is 0 Å². The molecule has 2 aliphatic rings. The van der Waals surface area contributed by atoms with Gasteiger partial charge in [0.25, 0.3) is 5.91 Å². The van der Waals surface area contributed by atoms with Crippen molar-refractivity contribution in [2.45, 2.75) is 64.1 Å². The number of hydrogen-bond acceptors (Lipinski definition) is 4. The first-order valence-electron chi connectivity index (χ1n) is 12.6. The van der Waals surface area contributed by atoms with Gasteiger partial charge in [0.15, 0.2) is 0 Å². The predicted octanol–water partition coefficient (Wildman–Crippen LogP) is 3.48. The molecule has 6 nitrogen and oxygen atoms in total. The second kappa shape index (κ2) is 11.6. The van der Waals surface area contributed by atoms with Gasteiger partial charge in [-0.3, -0.25) is 9.59 Å². The van der Waals surface area contributed by atoms with E-state index >= 15 is 0 Å². The summed E-state index contributed by atoms with van der Waals surface area (Å²) in [6.45, 7) is 5.32. The fourth-order valence-corrected chi connectivity index (χ4v) is 5.30. The van der Waals surface area contributed by atoms with E-state index in [4.69, 9.17) is 10.5 Å². The summed E-state index contributed by atoms with van der Waals surface area (Å²) in [4.78, 5) is 28.8. The summed E-state index contributed by atoms with van der Waals surface area (Å²) in [5, 5.41) is 0. The number of hydrogen-bond donors (Lipinski definition) is 1. The third kappa shape index (κ3) is 5.68. The molecule has 2 aromatic carbocycles. The molecule has 2 saturated heterocycles. The van der Waals surface area contributed by atoms with E-state index in [1.165, 1.54) is 11.1 Å². The van der Waals surface area contributed by atoms with Crippen LogP contribution in [0.2, 0.25) is 0 Å². The molecule has 6 heteroatoms. The Morgan fingerprint density at radius 3 is 2.47 bits per heavy atom. The molecular formula is C28H37N3O3. The molecular weight excluding hydrogens is 426 g/mol. The van der Waals surface area contributed by atoms with Crippen molar-refractivity contribution in [3.63, 3.8) is 0 Å². The van der Waals surface area contributed by atoms with Crippen molar-refractivity contribution < 1.29 is 14.3 Å². The molecule has 34 heavy (non-hydrogen) atoms. The zero-order valence-electron chi connectivity index (χ0n) is 20.2. The van der Waals surface area contributed by atoms with Gasteiger partial charge in [0.2, 0.25) is 6.41 Å². The van der Waals surface area contributed by atoms with Crippen molar-refractivity contribution in [2.75, 3.05) is 26.3 Å². The van der Waals surface area contributed by atoms with Crippen molar-refractivity contribution in [1.82, 2.24) is 9.80 Å². The van der Waals surface area contributed by atoms with Crippen LogP contribution in [0.1, 0.15) is 58.3 Å². The fourth-order valence-electron chi connectivity index (χ4n) is 5.30. The van der Waals surface area contributed by atoms with Crippen LogP contribution in [0.4, 0.5) is 0 Å². The number of fused-ring (bicyclic) bond motifs is 2. The Labute approximate surface area is 203 Å². The molecule has 2 aromatic rings. The van der Waals surface area contributed by atoms with E-state index in [-0.39, 0.29) is 18.0 Å². The summed E-state index contributed by atoms with van der Waals surface area (Å²) in [5.74, 6) is 0.113. The topological polar surface area (TPSA) is 75.9 Å². The van der Waals surface area contributed by atoms with Crippen molar-refractivity contribution in [1.29, 1.82) is 0 Å². The average molecular weight is 464 g/mol. The van der Waals surface area contributed by atoms with Crippen LogP contribution in [0.5, 0.6) is 0 Å². The average Bonchev–Trinajstić information content (AvgIpc) is 3.12. The first-order chi connectivity index (χ1) is 16.6. The van der Waals surface area contributed by atoms with Gasteiger partial charge in [-0.25, -0.2) is 0 Å². The Balaban J connectivity index is 1.29. The van der Waals surface area contributed by atoms with Gasteiger partial charge < -0.3 is 20.3 Å². The van der Waals surface area contributed by atoms with E-state index in [1.54, 1.807) is 0 Å². The Morgan fingerprint density at radius 1 is 1.03 bits per heavy atom. The molecule has 0 spiro atoms. The zero-order valence-corrected chi connectivity index (χ0v) is 20.2. The van der Waals surface area contributed by atoms with Crippen molar-refractivity contribution in [3.05, 3.63) is 70.3 Å². The van der Waals surface area contributed by atoms with Gasteiger partial charge in [-0.1, -0.05) is 30.3 Å². The summed E-state index contributed by atoms with van der Waals surface area (Å²) in [7, 11) is 0. The smallest absolute Gasteiger partial charge is 0.254 e. The fraction of sp³-hybridized carbons (Fsp3) is 0.500. The number of amides is 2. The molecule has 2 heterocycles. The zero-order chi connectivity index (χ0) is 23.9. The van der Waals surface area contributed by atoms with E-state index in [2.05, 4.69) is 25.1 Å². The summed E-state index contributed by atoms with van der Waals surface area (Å²) in [6, 6.07) is 14.7. The number of nitrogens with zero attached hydrogens (tertiary/aromatic N) is 2. The van der Waals surface area contributed by atoms with Gasteiger partial charge in [0.05, 0.1) is 25.3 Å². The Morgan fingerprint density at radius 2 is 1.76 bits per heavy atom. The van der Waals surface area contributed by atoms with Crippen molar-refractivity contribution >= 4 is 12.3 Å². The van der Waals surface area contributed by atoms with E-state index in [9.17, 15) is 9.59 Å². The molecule has 2 atom stereocenters. The summed E-state index contributed by atoms with van der Waals surface area (Å²) in [6.07, 6.45) is 6.71.